The van der Waals surface area contributed by atoms with Crippen LogP contribution in [0.1, 0.15) is 18.4 Å². The van der Waals surface area contributed by atoms with Gasteiger partial charge >= 0.3 is 0 Å². The van der Waals surface area contributed by atoms with Gasteiger partial charge in [0.15, 0.2) is 0 Å². The van der Waals surface area contributed by atoms with Crippen molar-refractivity contribution >= 4 is 56.6 Å². The van der Waals surface area contributed by atoms with Crippen LogP contribution in [0.25, 0.3) is 0 Å². The van der Waals surface area contributed by atoms with Crippen LogP contribution in [0.15, 0.2) is 46.9 Å². The van der Waals surface area contributed by atoms with Gasteiger partial charge in [0, 0.05) is 16.1 Å². The molecule has 152 valence electrons. The number of carbonyl (C=O) groups is 3. The number of nitrogens with one attached hydrogen (secondary N) is 1. The Hall–Kier alpha value is -2.22. The van der Waals surface area contributed by atoms with Crippen LogP contribution in [0.4, 0.5) is 11.4 Å². The third-order valence-electron chi connectivity index (χ3n) is 7.07. The molecule has 6 nitrogen and oxygen atoms in total. The van der Waals surface area contributed by atoms with Crippen molar-refractivity contribution in [1.82, 2.24) is 4.90 Å². The van der Waals surface area contributed by atoms with Crippen molar-refractivity contribution in [2.45, 2.75) is 24.4 Å². The molecule has 30 heavy (non-hydrogen) atoms. The van der Waals surface area contributed by atoms with Crippen LogP contribution in [0.5, 0.6) is 0 Å². The lowest BCUT2D eigenvalue weighted by Crippen LogP contribution is -2.54. The van der Waals surface area contributed by atoms with Gasteiger partial charge in [0.25, 0.3) is 5.91 Å². The van der Waals surface area contributed by atoms with E-state index in [-0.39, 0.29) is 23.8 Å². The van der Waals surface area contributed by atoms with E-state index < -0.39 is 17.4 Å². The van der Waals surface area contributed by atoms with Crippen LogP contribution in [0, 0.1) is 11.8 Å². The van der Waals surface area contributed by atoms with E-state index in [1.165, 1.54) is 4.90 Å². The van der Waals surface area contributed by atoms with E-state index in [2.05, 4.69) is 26.1 Å². The van der Waals surface area contributed by atoms with E-state index in [0.717, 1.165) is 12.8 Å². The number of nitrogens with zero attached hydrogens (tertiary/aromatic N) is 2. The van der Waals surface area contributed by atoms with E-state index in [0.29, 0.717) is 33.0 Å². The van der Waals surface area contributed by atoms with E-state index in [1.807, 2.05) is 12.1 Å². The number of carbonyl (C=O) groups excluding carboxylic acids is 3. The fraction of sp³-hybridized carbons (Fsp3) is 0.318. The summed E-state index contributed by atoms with van der Waals surface area (Å²) in [6, 6.07) is 12.4. The Balaban J connectivity index is 1.59. The lowest BCUT2D eigenvalue weighted by molar-refractivity contribution is -0.135. The molecule has 0 radical (unpaired) electrons. The van der Waals surface area contributed by atoms with Gasteiger partial charge in [0.2, 0.25) is 11.8 Å². The van der Waals surface area contributed by atoms with Crippen LogP contribution in [-0.4, -0.2) is 35.2 Å². The molecular weight excluding hydrogens is 470 g/mol. The third-order valence-corrected chi connectivity index (χ3v) is 8.06. The number of imide groups is 1. The molecule has 1 N–H and O–H groups in total. The first kappa shape index (κ1) is 18.5. The maximum Gasteiger partial charge on any atom is 0.250 e. The molecule has 3 unspecified atom stereocenters. The second-order valence-electron chi connectivity index (χ2n) is 8.25. The van der Waals surface area contributed by atoms with Crippen LogP contribution < -0.4 is 10.2 Å². The summed E-state index contributed by atoms with van der Waals surface area (Å²) >= 11 is 9.86. The topological polar surface area (TPSA) is 69.7 Å². The van der Waals surface area contributed by atoms with Gasteiger partial charge < -0.3 is 5.32 Å². The van der Waals surface area contributed by atoms with E-state index in [1.54, 1.807) is 30.3 Å². The van der Waals surface area contributed by atoms with E-state index in [4.69, 9.17) is 11.6 Å². The Bertz CT molecular complexity index is 1150. The summed E-state index contributed by atoms with van der Waals surface area (Å²) < 4.78 is 0.670. The number of amides is 3. The van der Waals surface area contributed by atoms with Crippen LogP contribution in [0.3, 0.4) is 0 Å². The highest BCUT2D eigenvalue weighted by Gasteiger charge is 2.74. The Morgan fingerprint density at radius 2 is 1.87 bits per heavy atom. The zero-order valence-corrected chi connectivity index (χ0v) is 18.1. The van der Waals surface area contributed by atoms with Crippen molar-refractivity contribution < 1.29 is 14.4 Å². The molecule has 2 aromatic carbocycles. The first-order chi connectivity index (χ1) is 14.5. The SMILES string of the molecule is O=C1C2C3CCCN3[C@@]3(C(=O)Nc4c(Cl)cccc43)C2C(=O)N1c1ccccc1Br. The summed E-state index contributed by atoms with van der Waals surface area (Å²) in [4.78, 5) is 44.4. The molecule has 4 aliphatic heterocycles. The van der Waals surface area contributed by atoms with E-state index in [9.17, 15) is 14.4 Å². The fourth-order valence-electron chi connectivity index (χ4n) is 6.06. The number of rotatable bonds is 1. The molecule has 0 aromatic heterocycles. The molecular formula is C22H17BrClN3O3. The maximum atomic E-state index is 13.8. The number of halogens is 2. The fourth-order valence-corrected chi connectivity index (χ4v) is 6.75. The van der Waals surface area contributed by atoms with Gasteiger partial charge in [-0.1, -0.05) is 35.9 Å². The van der Waals surface area contributed by atoms with Crippen molar-refractivity contribution in [3.05, 3.63) is 57.5 Å². The minimum absolute atomic E-state index is 0.144. The average molecular weight is 487 g/mol. The van der Waals surface area contributed by atoms with Gasteiger partial charge in [-0.3, -0.25) is 19.3 Å². The summed E-state index contributed by atoms with van der Waals surface area (Å²) in [5.41, 5.74) is 0.574. The third kappa shape index (κ3) is 2.01. The monoisotopic (exact) mass is 485 g/mol. The lowest BCUT2D eigenvalue weighted by Gasteiger charge is -2.36. The minimum Gasteiger partial charge on any atom is -0.323 e. The highest BCUT2D eigenvalue weighted by atomic mass is 79.9. The van der Waals surface area contributed by atoms with Crippen molar-refractivity contribution in [2.24, 2.45) is 11.8 Å². The number of hydrogen-bond acceptors (Lipinski definition) is 4. The number of benzene rings is 2. The predicted octanol–water partition coefficient (Wildman–Crippen LogP) is 3.53. The molecule has 0 saturated carbocycles. The first-order valence-corrected chi connectivity index (χ1v) is 11.1. The van der Waals surface area contributed by atoms with Crippen molar-refractivity contribution in [3.63, 3.8) is 0 Å². The molecule has 2 aromatic rings. The number of anilines is 2. The van der Waals surface area contributed by atoms with Gasteiger partial charge in [-0.25, -0.2) is 4.90 Å². The predicted molar refractivity (Wildman–Crippen MR) is 115 cm³/mol. The summed E-state index contributed by atoms with van der Waals surface area (Å²) in [5.74, 6) is -2.15. The molecule has 0 bridgehead atoms. The van der Waals surface area contributed by atoms with Crippen molar-refractivity contribution in [2.75, 3.05) is 16.8 Å². The number of fused-ring (bicyclic) bond motifs is 7. The second kappa shape index (κ2) is 6.15. The molecule has 3 fully saturated rings. The summed E-state index contributed by atoms with van der Waals surface area (Å²) in [6.45, 7) is 0.673. The Labute approximate surface area is 186 Å². The number of para-hydroxylation sites is 2. The van der Waals surface area contributed by atoms with Crippen LogP contribution >= 0.6 is 27.5 Å². The number of hydrogen-bond donors (Lipinski definition) is 1. The molecule has 4 heterocycles. The molecule has 6 rings (SSSR count). The minimum atomic E-state index is -1.20. The lowest BCUT2D eigenvalue weighted by atomic mass is 9.75. The summed E-state index contributed by atoms with van der Waals surface area (Å²) in [7, 11) is 0. The highest BCUT2D eigenvalue weighted by molar-refractivity contribution is 9.10. The molecule has 8 heteroatoms. The van der Waals surface area contributed by atoms with Crippen LogP contribution in [0.2, 0.25) is 5.02 Å². The molecule has 4 aliphatic rings. The Kier molecular flexibility index (Phi) is 3.80. The Morgan fingerprint density at radius 1 is 1.07 bits per heavy atom. The zero-order chi connectivity index (χ0) is 20.8. The standard InChI is InChI=1S/C22H17BrClN3O3/c23-12-6-1-2-8-14(12)27-19(28)16-15-9-4-10-26(15)22(17(16)20(27)29)11-5-3-7-13(24)18(11)25-21(22)30/h1-3,5-8,15-17H,4,9-10H2,(H,25,30)/t15?,16?,17?,22-/m1/s1. The van der Waals surface area contributed by atoms with Gasteiger partial charge in [0.1, 0.15) is 5.54 Å². The van der Waals surface area contributed by atoms with Gasteiger partial charge in [-0.05, 0) is 53.5 Å². The largest absolute Gasteiger partial charge is 0.323 e. The Morgan fingerprint density at radius 3 is 2.67 bits per heavy atom. The van der Waals surface area contributed by atoms with Crippen molar-refractivity contribution in [3.8, 4) is 0 Å². The summed E-state index contributed by atoms with van der Waals surface area (Å²) in [6.07, 6.45) is 1.67. The van der Waals surface area contributed by atoms with Gasteiger partial charge in [0.05, 0.1) is 28.2 Å². The normalized spacial score (nSPS) is 32.0. The molecule has 1 spiro atoms. The summed E-state index contributed by atoms with van der Waals surface area (Å²) in [5, 5.41) is 3.36. The highest BCUT2D eigenvalue weighted by Crippen LogP contribution is 2.61. The van der Waals surface area contributed by atoms with E-state index >= 15 is 0 Å². The van der Waals surface area contributed by atoms with Crippen molar-refractivity contribution in [1.29, 1.82) is 0 Å². The van der Waals surface area contributed by atoms with Gasteiger partial charge in [-0.2, -0.15) is 0 Å². The molecule has 0 aliphatic carbocycles. The smallest absolute Gasteiger partial charge is 0.250 e. The van der Waals surface area contributed by atoms with Crippen LogP contribution in [-0.2, 0) is 19.9 Å². The molecule has 3 amide bonds. The molecule has 4 atom stereocenters. The average Bonchev–Trinajstić information content (AvgIpc) is 3.42. The maximum absolute atomic E-state index is 13.8. The molecule has 3 saturated heterocycles. The van der Waals surface area contributed by atoms with Gasteiger partial charge in [-0.15, -0.1) is 0 Å². The first-order valence-electron chi connectivity index (χ1n) is 9.97. The second-order valence-corrected chi connectivity index (χ2v) is 9.51. The zero-order valence-electron chi connectivity index (χ0n) is 15.8. The quantitative estimate of drug-likeness (QED) is 0.626.